The maximum atomic E-state index is 13.2. The molecule has 1 aliphatic heterocycles. The summed E-state index contributed by atoms with van der Waals surface area (Å²) in [5, 5.41) is -0.0442. The fourth-order valence-electron chi connectivity index (χ4n) is 3.21. The molecule has 4 rings (SSSR count). The highest BCUT2D eigenvalue weighted by molar-refractivity contribution is 8.00. The van der Waals surface area contributed by atoms with E-state index in [2.05, 4.69) is 34.1 Å². The van der Waals surface area contributed by atoms with Gasteiger partial charge in [-0.2, -0.15) is 0 Å². The van der Waals surface area contributed by atoms with Crippen molar-refractivity contribution >= 4 is 17.7 Å². The molecule has 1 saturated carbocycles. The number of rotatable bonds is 4. The van der Waals surface area contributed by atoms with Crippen LogP contribution in [0, 0.1) is 0 Å². The number of nitrogens with zero attached hydrogens (tertiary/aromatic N) is 2. The van der Waals surface area contributed by atoms with Gasteiger partial charge in [-0.15, -0.1) is 11.8 Å². The first-order chi connectivity index (χ1) is 11.3. The molecule has 0 saturated heterocycles. The number of benzene rings is 1. The molecule has 0 N–H and O–H groups in total. The minimum atomic E-state index is -0.0442. The van der Waals surface area contributed by atoms with Crippen molar-refractivity contribution in [2.24, 2.45) is 0 Å². The van der Waals surface area contributed by atoms with Gasteiger partial charge >= 0.3 is 0 Å². The van der Waals surface area contributed by atoms with Crippen molar-refractivity contribution in [3.05, 3.63) is 65.5 Å². The Morgan fingerprint density at radius 1 is 1.22 bits per heavy atom. The van der Waals surface area contributed by atoms with Crippen molar-refractivity contribution in [3.8, 4) is 0 Å². The Balaban J connectivity index is 1.59. The van der Waals surface area contributed by atoms with Gasteiger partial charge in [-0.3, -0.25) is 9.78 Å². The van der Waals surface area contributed by atoms with Crippen LogP contribution in [0.25, 0.3) is 0 Å². The van der Waals surface area contributed by atoms with Crippen LogP contribution in [0.5, 0.6) is 0 Å². The number of fused-ring (bicyclic) bond motifs is 1. The highest BCUT2D eigenvalue weighted by Crippen LogP contribution is 2.40. The van der Waals surface area contributed by atoms with Gasteiger partial charge in [0.25, 0.3) is 0 Å². The van der Waals surface area contributed by atoms with E-state index in [0.29, 0.717) is 12.6 Å². The molecule has 0 radical (unpaired) electrons. The fraction of sp³-hybridized carbons (Fsp3) is 0.368. The third kappa shape index (κ3) is 3.13. The molecule has 4 heteroatoms. The van der Waals surface area contributed by atoms with Crippen LogP contribution in [-0.4, -0.2) is 27.6 Å². The zero-order chi connectivity index (χ0) is 15.6. The monoisotopic (exact) mass is 324 g/mol. The number of carbonyl (C=O) groups is 1. The van der Waals surface area contributed by atoms with E-state index < -0.39 is 0 Å². The number of carbonyl (C=O) groups excluding carboxylic acids is 1. The lowest BCUT2D eigenvalue weighted by molar-refractivity contribution is -0.132. The Morgan fingerprint density at radius 2 is 2.09 bits per heavy atom. The van der Waals surface area contributed by atoms with Crippen molar-refractivity contribution in [2.45, 2.75) is 37.1 Å². The number of aryl methyl sites for hydroxylation is 1. The number of hydrogen-bond donors (Lipinski definition) is 0. The van der Waals surface area contributed by atoms with E-state index in [-0.39, 0.29) is 11.2 Å². The van der Waals surface area contributed by atoms with Crippen LogP contribution in [0.1, 0.15) is 34.8 Å². The molecule has 1 fully saturated rings. The Kier molecular flexibility index (Phi) is 4.08. The van der Waals surface area contributed by atoms with E-state index in [0.717, 1.165) is 30.6 Å². The summed E-state index contributed by atoms with van der Waals surface area (Å²) in [5.74, 6) is 1.30. The van der Waals surface area contributed by atoms with Gasteiger partial charge in [0.1, 0.15) is 5.25 Å². The average Bonchev–Trinajstić information content (AvgIpc) is 3.44. The van der Waals surface area contributed by atoms with Crippen LogP contribution in [0.3, 0.4) is 0 Å². The van der Waals surface area contributed by atoms with Gasteiger partial charge in [-0.05, 0) is 47.8 Å². The first kappa shape index (κ1) is 14.8. The molecule has 1 amide bonds. The summed E-state index contributed by atoms with van der Waals surface area (Å²) in [4.78, 5) is 19.5. The van der Waals surface area contributed by atoms with Crippen LogP contribution >= 0.6 is 11.8 Å². The van der Waals surface area contributed by atoms with Crippen LogP contribution in [0.15, 0.2) is 48.8 Å². The summed E-state index contributed by atoms with van der Waals surface area (Å²) in [7, 11) is 0. The molecule has 0 spiro atoms. The standard InChI is InChI=1S/C19H20N2OS/c22-19(18-17-6-2-1-5-15(17)9-11-23-18)21(16-7-8-16)13-14-4-3-10-20-12-14/h1-6,10,12,16,18H,7-9,11,13H2/t18-/m0/s1. The topological polar surface area (TPSA) is 33.2 Å². The number of hydrogen-bond acceptors (Lipinski definition) is 3. The smallest absolute Gasteiger partial charge is 0.240 e. The Hall–Kier alpha value is -1.81. The van der Waals surface area contributed by atoms with E-state index in [1.54, 1.807) is 18.0 Å². The summed E-state index contributed by atoms with van der Waals surface area (Å²) in [6.45, 7) is 0.677. The number of amides is 1. The van der Waals surface area contributed by atoms with Crippen molar-refractivity contribution in [2.75, 3.05) is 5.75 Å². The quantitative estimate of drug-likeness (QED) is 0.861. The van der Waals surface area contributed by atoms with Gasteiger partial charge in [0.2, 0.25) is 5.91 Å². The van der Waals surface area contributed by atoms with Gasteiger partial charge in [-0.25, -0.2) is 0 Å². The molecule has 0 bridgehead atoms. The second-order valence-corrected chi connectivity index (χ2v) is 7.47. The lowest BCUT2D eigenvalue weighted by Gasteiger charge is -2.30. The van der Waals surface area contributed by atoms with Crippen molar-refractivity contribution < 1.29 is 4.79 Å². The average molecular weight is 324 g/mol. The van der Waals surface area contributed by atoms with Crippen LogP contribution in [-0.2, 0) is 17.8 Å². The predicted octanol–water partition coefficient (Wildman–Crippen LogP) is 3.60. The molecular weight excluding hydrogens is 304 g/mol. The van der Waals surface area contributed by atoms with Crippen LogP contribution in [0.4, 0.5) is 0 Å². The zero-order valence-corrected chi connectivity index (χ0v) is 13.8. The first-order valence-corrected chi connectivity index (χ1v) is 9.26. The van der Waals surface area contributed by atoms with Gasteiger partial charge in [-0.1, -0.05) is 30.3 Å². The van der Waals surface area contributed by atoms with Crippen LogP contribution < -0.4 is 0 Å². The van der Waals surface area contributed by atoms with Crippen molar-refractivity contribution in [3.63, 3.8) is 0 Å². The lowest BCUT2D eigenvalue weighted by atomic mass is 10.0. The minimum absolute atomic E-state index is 0.0442. The second kappa shape index (κ2) is 6.36. The molecule has 1 aromatic carbocycles. The molecule has 1 atom stereocenters. The van der Waals surface area contributed by atoms with Gasteiger partial charge in [0.15, 0.2) is 0 Å². The highest BCUT2D eigenvalue weighted by Gasteiger charge is 2.38. The van der Waals surface area contributed by atoms with E-state index in [1.807, 2.05) is 18.3 Å². The molecular formula is C19H20N2OS. The highest BCUT2D eigenvalue weighted by atomic mass is 32.2. The number of thioether (sulfide) groups is 1. The molecule has 3 nitrogen and oxygen atoms in total. The van der Waals surface area contributed by atoms with E-state index in [1.165, 1.54) is 11.1 Å². The summed E-state index contributed by atoms with van der Waals surface area (Å²) in [5.41, 5.74) is 3.66. The Labute approximate surface area is 141 Å². The molecule has 2 aliphatic rings. The molecule has 1 aromatic heterocycles. The van der Waals surface area contributed by atoms with Gasteiger partial charge in [0.05, 0.1) is 0 Å². The van der Waals surface area contributed by atoms with Gasteiger partial charge in [0, 0.05) is 25.0 Å². The molecule has 2 aromatic rings. The Morgan fingerprint density at radius 3 is 2.87 bits per heavy atom. The maximum absolute atomic E-state index is 13.2. The zero-order valence-electron chi connectivity index (χ0n) is 13.0. The summed E-state index contributed by atoms with van der Waals surface area (Å²) >= 11 is 1.79. The minimum Gasteiger partial charge on any atom is -0.334 e. The summed E-state index contributed by atoms with van der Waals surface area (Å²) in [6, 6.07) is 12.8. The Bertz CT molecular complexity index is 700. The van der Waals surface area contributed by atoms with E-state index in [9.17, 15) is 4.79 Å². The predicted molar refractivity (Wildman–Crippen MR) is 93.2 cm³/mol. The second-order valence-electron chi connectivity index (χ2n) is 6.26. The lowest BCUT2D eigenvalue weighted by Crippen LogP contribution is -2.36. The molecule has 2 heterocycles. The third-order valence-electron chi connectivity index (χ3n) is 4.56. The third-order valence-corrected chi connectivity index (χ3v) is 5.79. The molecule has 1 aliphatic carbocycles. The largest absolute Gasteiger partial charge is 0.334 e. The fourth-order valence-corrected chi connectivity index (χ4v) is 4.47. The number of pyridine rings is 1. The van der Waals surface area contributed by atoms with Crippen LogP contribution in [0.2, 0.25) is 0 Å². The van der Waals surface area contributed by atoms with Crippen molar-refractivity contribution in [1.82, 2.24) is 9.88 Å². The SMILES string of the molecule is O=C([C@H]1SCCc2ccccc21)N(Cc1cccnc1)C1CC1. The summed E-state index contributed by atoms with van der Waals surface area (Å²) in [6.07, 6.45) is 6.97. The van der Waals surface area contributed by atoms with E-state index >= 15 is 0 Å². The molecule has 118 valence electrons. The van der Waals surface area contributed by atoms with E-state index in [4.69, 9.17) is 0 Å². The summed E-state index contributed by atoms with van der Waals surface area (Å²) < 4.78 is 0. The van der Waals surface area contributed by atoms with Crippen molar-refractivity contribution in [1.29, 1.82) is 0 Å². The normalized spacial score (nSPS) is 19.9. The number of aromatic nitrogens is 1. The maximum Gasteiger partial charge on any atom is 0.240 e. The first-order valence-electron chi connectivity index (χ1n) is 8.22. The molecule has 0 unspecified atom stereocenters. The molecule has 23 heavy (non-hydrogen) atoms. The van der Waals surface area contributed by atoms with Gasteiger partial charge < -0.3 is 4.90 Å².